The number of rotatable bonds is 0. The third-order valence-corrected chi connectivity index (χ3v) is 0. The smallest absolute Gasteiger partial charge is 0 e. The van der Waals surface area contributed by atoms with E-state index in [0.717, 1.165) is 0 Å². The van der Waals surface area contributed by atoms with Crippen LogP contribution in [0.2, 0.25) is 0 Å². The molecule has 0 amide bonds. The second-order valence-electron chi connectivity index (χ2n) is 0. The Hall–Kier alpha value is 5.92. The van der Waals surface area contributed by atoms with E-state index in [9.17, 15) is 0 Å². The van der Waals surface area contributed by atoms with Crippen LogP contribution < -0.4 is 0 Å². The maximum atomic E-state index is 0. The molecular formula is CeLaPrYZr. The van der Waals surface area contributed by atoms with E-state index < -0.39 is 0 Å². The molecule has 0 heterocycles. The van der Waals surface area contributed by atoms with E-state index in [2.05, 4.69) is 0 Å². The molecule has 5 heteroatoms. The molecule has 0 unspecified atom stereocenters. The van der Waals surface area contributed by atoms with Crippen LogP contribution in [0.4, 0.5) is 0 Å². The van der Waals surface area contributed by atoms with Crippen LogP contribution in [0.15, 0.2) is 0 Å². The molecule has 0 aliphatic rings. The van der Waals surface area contributed by atoms with E-state index >= 15 is 0 Å². The first-order valence-electron chi connectivity index (χ1n) is 0. The molecule has 0 fully saturated rings. The van der Waals surface area contributed by atoms with Crippen molar-refractivity contribution in [2.45, 2.75) is 0 Å². The first-order chi connectivity index (χ1) is 0. The zero-order chi connectivity index (χ0) is 0. The Labute approximate surface area is 171 Å². The summed E-state index contributed by atoms with van der Waals surface area (Å²) in [5.74, 6) is 0. The predicted octanol–water partition coefficient (Wildman–Crippen LogP) is -0.00500. The Morgan fingerprint density at radius 3 is 1.00 bits per heavy atom. The van der Waals surface area contributed by atoms with E-state index in [0.29, 0.717) is 0 Å². The van der Waals surface area contributed by atoms with Gasteiger partial charge >= 0.3 is 0 Å². The maximum Gasteiger partial charge on any atom is 0 e. The quantitative estimate of drug-likeness (QED) is 0.368. The standard InChI is InChI=1S/Ce.La.Pr.Y.Zr. The molecule has 0 rings (SSSR count). The summed E-state index contributed by atoms with van der Waals surface area (Å²) < 4.78 is 0. The number of hydrogen-bond donors (Lipinski definition) is 0. The van der Waals surface area contributed by atoms with Crippen molar-refractivity contribution in [2.24, 2.45) is 0 Å². The van der Waals surface area contributed by atoms with Gasteiger partial charge in [0, 0.05) is 178 Å². The van der Waals surface area contributed by atoms with Gasteiger partial charge in [0.25, 0.3) is 0 Å². The molecule has 0 aliphatic heterocycles. The first-order valence-corrected chi connectivity index (χ1v) is 0. The van der Waals surface area contributed by atoms with Gasteiger partial charge in [-0.3, -0.25) is 0 Å². The fourth-order valence-electron chi connectivity index (χ4n) is 0. The van der Waals surface area contributed by atoms with E-state index in [4.69, 9.17) is 0 Å². The van der Waals surface area contributed by atoms with Gasteiger partial charge in [0.15, 0.2) is 0 Å². The summed E-state index contributed by atoms with van der Waals surface area (Å²) in [5.41, 5.74) is 0. The summed E-state index contributed by atoms with van der Waals surface area (Å²) in [6.45, 7) is 0. The Morgan fingerprint density at radius 2 is 1.00 bits per heavy atom. The topological polar surface area (TPSA) is 0 Å². The minimum Gasteiger partial charge on any atom is 0 e. The molecule has 0 spiro atoms. The van der Waals surface area contributed by atoms with Crippen molar-refractivity contribution in [3.63, 3.8) is 0 Å². The van der Waals surface area contributed by atoms with Gasteiger partial charge in [0.1, 0.15) is 0 Å². The molecule has 0 N–H and O–H groups in total. The Bertz CT molecular complexity index is 11.6. The monoisotopic (exact) mass is 599 g/mol. The van der Waals surface area contributed by atoms with Crippen LogP contribution in [0.25, 0.3) is 0 Å². The summed E-state index contributed by atoms with van der Waals surface area (Å²) in [7, 11) is 0. The van der Waals surface area contributed by atoms with Gasteiger partial charge in [0.05, 0.1) is 0 Å². The van der Waals surface area contributed by atoms with E-state index in [1.807, 2.05) is 0 Å². The predicted molar refractivity (Wildman–Crippen MR) is 0 cm³/mol. The van der Waals surface area contributed by atoms with Crippen LogP contribution in [0.1, 0.15) is 0 Å². The van der Waals surface area contributed by atoms with Gasteiger partial charge in [-0.1, -0.05) is 0 Å². The second kappa shape index (κ2) is 22.5. The second-order valence-corrected chi connectivity index (χ2v) is 0. The largest absolute Gasteiger partial charge is 0 e. The van der Waals surface area contributed by atoms with Crippen molar-refractivity contribution in [3.05, 3.63) is 0 Å². The van der Waals surface area contributed by atoms with Gasteiger partial charge in [-0.2, -0.15) is 0 Å². The van der Waals surface area contributed by atoms with E-state index in [-0.39, 0.29) is 178 Å². The molecule has 0 aromatic heterocycles. The van der Waals surface area contributed by atoms with E-state index in [1.54, 1.807) is 0 Å². The maximum absolute atomic E-state index is 0. The SMILES string of the molecule is [Ce].[La].[Pr].[Y].[Zr]. The minimum atomic E-state index is 0. The third kappa shape index (κ3) is 17.8. The van der Waals surface area contributed by atoms with Gasteiger partial charge in [-0.15, -0.1) is 0 Å². The third-order valence-electron chi connectivity index (χ3n) is 0. The summed E-state index contributed by atoms with van der Waals surface area (Å²) in [6.07, 6.45) is 0. The fraction of sp³-hybridized carbons (Fsp3) is 0. The summed E-state index contributed by atoms with van der Waals surface area (Å²) in [5, 5.41) is 0. The molecule has 17 valence electrons. The van der Waals surface area contributed by atoms with Crippen LogP contribution >= 0.6 is 0 Å². The molecule has 0 aromatic carbocycles. The van der Waals surface area contributed by atoms with E-state index in [1.165, 1.54) is 0 Å². The molecule has 0 bridgehead atoms. The average Bonchev–Trinajstić information content (AvgIpc) is 0. The van der Waals surface area contributed by atoms with Crippen molar-refractivity contribution in [2.75, 3.05) is 0 Å². The van der Waals surface area contributed by atoms with Crippen molar-refractivity contribution in [1.29, 1.82) is 0 Å². The van der Waals surface area contributed by atoms with Crippen LogP contribution in [-0.4, -0.2) is 0 Å². The Balaban J connectivity index is 0. The van der Waals surface area contributed by atoms with Crippen molar-refractivity contribution >= 4 is 0 Å². The molecule has 0 atom stereocenters. The van der Waals surface area contributed by atoms with Crippen LogP contribution in [0, 0.1) is 119 Å². The molecule has 0 aromatic rings. The minimum absolute atomic E-state index is 0. The molecule has 0 aliphatic carbocycles. The Morgan fingerprint density at radius 1 is 1.00 bits per heavy atom. The zero-order valence-electron chi connectivity index (χ0n) is 2.73. The molecular weight excluding hydrogens is 600 g/mol. The average molecular weight is 600 g/mol. The normalized spacial score (nSPS) is 0. The van der Waals surface area contributed by atoms with Crippen LogP contribution in [-0.2, 0) is 58.9 Å². The zero-order valence-corrected chi connectivity index (χ0v) is 18.5. The van der Waals surface area contributed by atoms with Gasteiger partial charge < -0.3 is 0 Å². The molecule has 3 radical (unpaired) electrons. The first kappa shape index (κ1) is 30.7. The molecule has 0 saturated heterocycles. The number of hydrogen-bond acceptors (Lipinski definition) is 0. The van der Waals surface area contributed by atoms with Gasteiger partial charge in [0.2, 0.25) is 0 Å². The van der Waals surface area contributed by atoms with Gasteiger partial charge in [-0.25, -0.2) is 0 Å². The van der Waals surface area contributed by atoms with Crippen LogP contribution in [0.5, 0.6) is 0 Å². The summed E-state index contributed by atoms with van der Waals surface area (Å²) >= 11 is 0. The van der Waals surface area contributed by atoms with Crippen molar-refractivity contribution < 1.29 is 178 Å². The summed E-state index contributed by atoms with van der Waals surface area (Å²) in [4.78, 5) is 0. The fourth-order valence-corrected chi connectivity index (χ4v) is 0. The molecule has 0 saturated carbocycles. The molecule has 0 nitrogen and oxygen atoms in total. The molecule has 5 heavy (non-hydrogen) atoms. The van der Waals surface area contributed by atoms with Crippen molar-refractivity contribution in [3.8, 4) is 0 Å². The van der Waals surface area contributed by atoms with Crippen molar-refractivity contribution in [1.82, 2.24) is 0 Å². The summed E-state index contributed by atoms with van der Waals surface area (Å²) in [6, 6.07) is 0. The van der Waals surface area contributed by atoms with Gasteiger partial charge in [-0.05, 0) is 0 Å². The van der Waals surface area contributed by atoms with Crippen LogP contribution in [0.3, 0.4) is 0 Å². The Kier molecular flexibility index (Phi) is 138.